The van der Waals surface area contributed by atoms with E-state index in [1.165, 1.54) is 6.33 Å². The number of hydrogen-bond acceptors (Lipinski definition) is 4. The Morgan fingerprint density at radius 3 is 3.18 bits per heavy atom. The number of carbonyl (C=O) groups is 1. The first kappa shape index (κ1) is 6.42. The molecule has 1 N–H and O–H groups in total. The first-order chi connectivity index (χ1) is 5.38. The van der Waals surface area contributed by atoms with E-state index in [9.17, 15) is 4.79 Å². The summed E-state index contributed by atoms with van der Waals surface area (Å²) in [4.78, 5) is 18.9. The molecule has 4 heteroatoms. The van der Waals surface area contributed by atoms with E-state index < -0.39 is 0 Å². The lowest BCUT2D eigenvalue weighted by Crippen LogP contribution is -2.30. The molecule has 0 bridgehead atoms. The number of nitrogens with zero attached hydrogens (tertiary/aromatic N) is 2. The summed E-state index contributed by atoms with van der Waals surface area (Å²) in [6.07, 6.45) is 3.03. The van der Waals surface area contributed by atoms with E-state index in [4.69, 9.17) is 0 Å². The van der Waals surface area contributed by atoms with Crippen molar-refractivity contribution in [2.24, 2.45) is 0 Å². The zero-order valence-corrected chi connectivity index (χ0v) is 5.87. The number of aromatic nitrogens is 2. The zero-order valence-electron chi connectivity index (χ0n) is 5.87. The van der Waals surface area contributed by atoms with Gasteiger partial charge in [0.1, 0.15) is 6.33 Å². The standard InChI is InChI=1S/C7H7N3O/c11-7-3-8-2-6-5(7)1-9-4-10-6/h1,4,8H,2-3H2. The van der Waals surface area contributed by atoms with Crippen LogP contribution in [0.1, 0.15) is 16.1 Å². The van der Waals surface area contributed by atoms with Gasteiger partial charge >= 0.3 is 0 Å². The lowest BCUT2D eigenvalue weighted by atomic mass is 10.1. The van der Waals surface area contributed by atoms with Gasteiger partial charge in [-0.05, 0) is 0 Å². The van der Waals surface area contributed by atoms with Crippen LogP contribution in [0.15, 0.2) is 12.5 Å². The lowest BCUT2D eigenvalue weighted by Gasteiger charge is -2.12. The molecule has 0 spiro atoms. The molecule has 0 aliphatic carbocycles. The predicted molar refractivity (Wildman–Crippen MR) is 38.1 cm³/mol. The smallest absolute Gasteiger partial charge is 0.180 e. The van der Waals surface area contributed by atoms with Gasteiger partial charge in [-0.25, -0.2) is 9.97 Å². The number of nitrogens with one attached hydrogen (secondary N) is 1. The summed E-state index contributed by atoms with van der Waals surface area (Å²) >= 11 is 0. The Balaban J connectivity index is 2.52. The molecular formula is C7H7N3O. The number of Topliss-reactive ketones (excluding diaryl/α,β-unsaturated/α-hetero) is 1. The maximum Gasteiger partial charge on any atom is 0.180 e. The van der Waals surface area contributed by atoms with Gasteiger partial charge in [0, 0.05) is 12.7 Å². The molecule has 4 nitrogen and oxygen atoms in total. The van der Waals surface area contributed by atoms with Crippen molar-refractivity contribution < 1.29 is 4.79 Å². The molecular weight excluding hydrogens is 142 g/mol. The van der Waals surface area contributed by atoms with E-state index >= 15 is 0 Å². The van der Waals surface area contributed by atoms with E-state index in [1.807, 2.05) is 0 Å². The van der Waals surface area contributed by atoms with Gasteiger partial charge in [0.2, 0.25) is 0 Å². The summed E-state index contributed by atoms with van der Waals surface area (Å²) in [7, 11) is 0. The van der Waals surface area contributed by atoms with Crippen molar-refractivity contribution in [3.05, 3.63) is 23.8 Å². The fraction of sp³-hybridized carbons (Fsp3) is 0.286. The van der Waals surface area contributed by atoms with Crippen molar-refractivity contribution in [2.75, 3.05) is 6.54 Å². The molecule has 0 radical (unpaired) electrons. The highest BCUT2D eigenvalue weighted by molar-refractivity contribution is 5.99. The lowest BCUT2D eigenvalue weighted by molar-refractivity contribution is 0.0981. The Kier molecular flexibility index (Phi) is 1.40. The Morgan fingerprint density at radius 2 is 2.36 bits per heavy atom. The van der Waals surface area contributed by atoms with Gasteiger partial charge in [-0.1, -0.05) is 0 Å². The van der Waals surface area contributed by atoms with Crippen LogP contribution in [-0.4, -0.2) is 22.3 Å². The molecule has 0 unspecified atom stereocenters. The Morgan fingerprint density at radius 1 is 1.45 bits per heavy atom. The number of hydrogen-bond donors (Lipinski definition) is 1. The Hall–Kier alpha value is -1.29. The molecule has 0 saturated carbocycles. The van der Waals surface area contributed by atoms with Gasteiger partial charge in [0.05, 0.1) is 17.8 Å². The number of fused-ring (bicyclic) bond motifs is 1. The van der Waals surface area contributed by atoms with Crippen molar-refractivity contribution in [1.29, 1.82) is 0 Å². The third-order valence-electron chi connectivity index (χ3n) is 1.67. The van der Waals surface area contributed by atoms with E-state index in [2.05, 4.69) is 15.3 Å². The molecule has 56 valence electrons. The average molecular weight is 149 g/mol. The Bertz CT molecular complexity index is 297. The monoisotopic (exact) mass is 149 g/mol. The topological polar surface area (TPSA) is 54.9 Å². The van der Waals surface area contributed by atoms with Gasteiger partial charge in [-0.2, -0.15) is 0 Å². The fourth-order valence-corrected chi connectivity index (χ4v) is 1.12. The molecule has 0 atom stereocenters. The quantitative estimate of drug-likeness (QED) is 0.553. The van der Waals surface area contributed by atoms with Gasteiger partial charge < -0.3 is 5.32 Å². The molecule has 0 saturated heterocycles. The van der Waals surface area contributed by atoms with Crippen molar-refractivity contribution >= 4 is 5.78 Å². The van der Waals surface area contributed by atoms with Gasteiger partial charge in [0.15, 0.2) is 5.78 Å². The minimum atomic E-state index is 0.0758. The fourth-order valence-electron chi connectivity index (χ4n) is 1.12. The molecule has 0 aromatic carbocycles. The average Bonchev–Trinajstić information content (AvgIpc) is 2.06. The number of rotatable bonds is 0. The molecule has 1 aliphatic rings. The first-order valence-electron chi connectivity index (χ1n) is 3.41. The van der Waals surface area contributed by atoms with Crippen LogP contribution >= 0.6 is 0 Å². The Labute approximate surface area is 63.7 Å². The summed E-state index contributed by atoms with van der Waals surface area (Å²) in [5.74, 6) is 0.0758. The predicted octanol–water partition coefficient (Wildman–Crippen LogP) is -0.238. The van der Waals surface area contributed by atoms with E-state index in [-0.39, 0.29) is 5.78 Å². The SMILES string of the molecule is O=C1CNCc2ncncc21. The summed E-state index contributed by atoms with van der Waals surface area (Å²) in [5.41, 5.74) is 1.46. The minimum Gasteiger partial charge on any atom is -0.304 e. The van der Waals surface area contributed by atoms with E-state index in [0.717, 1.165) is 5.69 Å². The van der Waals surface area contributed by atoms with E-state index in [0.29, 0.717) is 18.7 Å². The number of carbonyl (C=O) groups excluding carboxylic acids is 1. The van der Waals surface area contributed by atoms with Gasteiger partial charge in [-0.3, -0.25) is 4.79 Å². The molecule has 0 amide bonds. The summed E-state index contributed by atoms with van der Waals surface area (Å²) in [6.45, 7) is 1.07. The van der Waals surface area contributed by atoms with Crippen LogP contribution < -0.4 is 5.32 Å². The molecule has 1 aliphatic heterocycles. The summed E-state index contributed by atoms with van der Waals surface area (Å²) < 4.78 is 0. The van der Waals surface area contributed by atoms with Crippen LogP contribution in [0.4, 0.5) is 0 Å². The molecule has 1 aromatic rings. The minimum absolute atomic E-state index is 0.0758. The maximum atomic E-state index is 11.1. The van der Waals surface area contributed by atoms with Crippen molar-refractivity contribution in [3.63, 3.8) is 0 Å². The van der Waals surface area contributed by atoms with Gasteiger partial charge in [-0.15, -0.1) is 0 Å². The van der Waals surface area contributed by atoms with Gasteiger partial charge in [0.25, 0.3) is 0 Å². The normalized spacial score (nSPS) is 16.2. The van der Waals surface area contributed by atoms with Crippen LogP contribution in [-0.2, 0) is 6.54 Å². The summed E-state index contributed by atoms with van der Waals surface area (Å²) in [6, 6.07) is 0. The van der Waals surface area contributed by atoms with Crippen molar-refractivity contribution in [3.8, 4) is 0 Å². The van der Waals surface area contributed by atoms with Crippen LogP contribution in [0.2, 0.25) is 0 Å². The van der Waals surface area contributed by atoms with Crippen molar-refractivity contribution in [1.82, 2.24) is 15.3 Å². The maximum absolute atomic E-state index is 11.1. The second-order valence-electron chi connectivity index (χ2n) is 2.41. The van der Waals surface area contributed by atoms with Crippen LogP contribution in [0.25, 0.3) is 0 Å². The third kappa shape index (κ3) is 1.01. The molecule has 0 fully saturated rings. The molecule has 11 heavy (non-hydrogen) atoms. The number of ketones is 1. The first-order valence-corrected chi connectivity index (χ1v) is 3.41. The highest BCUT2D eigenvalue weighted by atomic mass is 16.1. The highest BCUT2D eigenvalue weighted by Gasteiger charge is 2.16. The zero-order chi connectivity index (χ0) is 7.68. The van der Waals surface area contributed by atoms with Crippen LogP contribution in [0.3, 0.4) is 0 Å². The second-order valence-corrected chi connectivity index (χ2v) is 2.41. The third-order valence-corrected chi connectivity index (χ3v) is 1.67. The van der Waals surface area contributed by atoms with Crippen LogP contribution in [0.5, 0.6) is 0 Å². The molecule has 1 aromatic heterocycles. The van der Waals surface area contributed by atoms with Crippen LogP contribution in [0, 0.1) is 0 Å². The van der Waals surface area contributed by atoms with Crippen molar-refractivity contribution in [2.45, 2.75) is 6.54 Å². The largest absolute Gasteiger partial charge is 0.304 e. The molecule has 2 rings (SSSR count). The summed E-state index contributed by atoms with van der Waals surface area (Å²) in [5, 5.41) is 2.95. The molecule has 2 heterocycles. The highest BCUT2D eigenvalue weighted by Crippen LogP contribution is 2.07. The van der Waals surface area contributed by atoms with E-state index in [1.54, 1.807) is 6.20 Å². The second kappa shape index (κ2) is 2.39.